The van der Waals surface area contributed by atoms with Crippen LogP contribution in [0.4, 0.5) is 0 Å². The number of tetrazole rings is 1. The van der Waals surface area contributed by atoms with Gasteiger partial charge in [0, 0.05) is 17.2 Å². The predicted molar refractivity (Wildman–Crippen MR) is 105 cm³/mol. The molecule has 5 rings (SSSR count). The standard InChI is InChI=1S/C20H18N4O2S/c25-18-11-14(12-27-20-21-22-23-24(20)15-6-2-3-7-15)19-16-8-4-1-5-13(16)9-10-17(19)26-18/h1,4-5,8-11,15H,2-3,6-7,12H2. The van der Waals surface area contributed by atoms with Crippen LogP contribution in [0.2, 0.25) is 0 Å². The fourth-order valence-electron chi connectivity index (χ4n) is 3.93. The van der Waals surface area contributed by atoms with Gasteiger partial charge in [-0.2, -0.15) is 0 Å². The molecule has 0 radical (unpaired) electrons. The Kier molecular flexibility index (Phi) is 4.16. The van der Waals surface area contributed by atoms with Crippen molar-refractivity contribution < 1.29 is 4.42 Å². The van der Waals surface area contributed by atoms with Gasteiger partial charge in [-0.1, -0.05) is 54.9 Å². The van der Waals surface area contributed by atoms with Crippen molar-refractivity contribution in [3.8, 4) is 0 Å². The third kappa shape index (κ3) is 3.02. The molecule has 2 aromatic heterocycles. The predicted octanol–water partition coefficient (Wildman–Crippen LogP) is 4.34. The van der Waals surface area contributed by atoms with Gasteiger partial charge in [0.2, 0.25) is 5.16 Å². The van der Waals surface area contributed by atoms with E-state index >= 15 is 0 Å². The lowest BCUT2D eigenvalue weighted by Gasteiger charge is -2.11. The molecule has 2 aromatic carbocycles. The van der Waals surface area contributed by atoms with Gasteiger partial charge in [-0.05, 0) is 45.7 Å². The molecule has 2 heterocycles. The summed E-state index contributed by atoms with van der Waals surface area (Å²) in [5.41, 5.74) is 1.24. The highest BCUT2D eigenvalue weighted by Gasteiger charge is 2.22. The first-order chi connectivity index (χ1) is 13.3. The lowest BCUT2D eigenvalue weighted by molar-refractivity contribution is 0.423. The number of hydrogen-bond donors (Lipinski definition) is 0. The molecule has 1 saturated carbocycles. The number of benzene rings is 2. The largest absolute Gasteiger partial charge is 0.423 e. The van der Waals surface area contributed by atoms with Crippen molar-refractivity contribution in [1.29, 1.82) is 0 Å². The molecule has 4 aromatic rings. The molecule has 0 N–H and O–H groups in total. The van der Waals surface area contributed by atoms with E-state index < -0.39 is 0 Å². The fraction of sp³-hybridized carbons (Fsp3) is 0.300. The van der Waals surface area contributed by atoms with Crippen molar-refractivity contribution >= 4 is 33.5 Å². The molecule has 27 heavy (non-hydrogen) atoms. The zero-order valence-corrected chi connectivity index (χ0v) is 15.5. The summed E-state index contributed by atoms with van der Waals surface area (Å²) in [5, 5.41) is 16.3. The molecule has 7 heteroatoms. The Hall–Kier alpha value is -2.67. The maximum absolute atomic E-state index is 12.1. The molecule has 1 aliphatic carbocycles. The van der Waals surface area contributed by atoms with Gasteiger partial charge < -0.3 is 4.42 Å². The zero-order valence-electron chi connectivity index (χ0n) is 14.7. The molecule has 136 valence electrons. The molecule has 0 aliphatic heterocycles. The van der Waals surface area contributed by atoms with Crippen LogP contribution in [0.5, 0.6) is 0 Å². The second kappa shape index (κ2) is 6.81. The molecule has 1 fully saturated rings. The van der Waals surface area contributed by atoms with E-state index in [1.54, 1.807) is 17.8 Å². The third-order valence-electron chi connectivity index (χ3n) is 5.20. The van der Waals surface area contributed by atoms with Gasteiger partial charge in [-0.3, -0.25) is 0 Å². The molecule has 6 nitrogen and oxygen atoms in total. The van der Waals surface area contributed by atoms with Gasteiger partial charge >= 0.3 is 5.63 Å². The quantitative estimate of drug-likeness (QED) is 0.299. The highest BCUT2D eigenvalue weighted by atomic mass is 32.2. The summed E-state index contributed by atoms with van der Waals surface area (Å²) in [6.07, 6.45) is 4.71. The van der Waals surface area contributed by atoms with E-state index in [0.29, 0.717) is 17.4 Å². The lowest BCUT2D eigenvalue weighted by atomic mass is 10.0. The number of thioether (sulfide) groups is 1. The average Bonchev–Trinajstić information content (AvgIpc) is 3.37. The first-order valence-corrected chi connectivity index (χ1v) is 10.1. The van der Waals surface area contributed by atoms with Gasteiger partial charge in [-0.25, -0.2) is 9.48 Å². The number of rotatable bonds is 4. The summed E-state index contributed by atoms with van der Waals surface area (Å²) < 4.78 is 7.39. The Labute approximate surface area is 159 Å². The van der Waals surface area contributed by atoms with E-state index in [-0.39, 0.29) is 5.63 Å². The molecule has 0 bridgehead atoms. The summed E-state index contributed by atoms with van der Waals surface area (Å²) in [4.78, 5) is 12.1. The summed E-state index contributed by atoms with van der Waals surface area (Å²) in [7, 11) is 0. The maximum Gasteiger partial charge on any atom is 0.336 e. The number of aromatic nitrogens is 4. The van der Waals surface area contributed by atoms with Crippen molar-refractivity contribution in [1.82, 2.24) is 20.2 Å². The van der Waals surface area contributed by atoms with Gasteiger partial charge in [0.15, 0.2) is 0 Å². The normalized spacial score (nSPS) is 15.1. The lowest BCUT2D eigenvalue weighted by Crippen LogP contribution is -2.08. The number of fused-ring (bicyclic) bond motifs is 3. The minimum absolute atomic E-state index is 0.330. The Morgan fingerprint density at radius 1 is 1.15 bits per heavy atom. The molecular weight excluding hydrogens is 360 g/mol. The molecular formula is C20H18N4O2S. The van der Waals surface area contributed by atoms with Crippen LogP contribution in [0.3, 0.4) is 0 Å². The minimum atomic E-state index is -0.330. The van der Waals surface area contributed by atoms with Gasteiger partial charge in [-0.15, -0.1) is 5.10 Å². The molecule has 0 saturated heterocycles. The molecule has 0 spiro atoms. The monoisotopic (exact) mass is 378 g/mol. The highest BCUT2D eigenvalue weighted by molar-refractivity contribution is 7.98. The van der Waals surface area contributed by atoms with Crippen molar-refractivity contribution in [2.24, 2.45) is 0 Å². The topological polar surface area (TPSA) is 73.8 Å². The summed E-state index contributed by atoms with van der Waals surface area (Å²) >= 11 is 1.57. The molecule has 0 unspecified atom stereocenters. The number of nitrogens with zero attached hydrogens (tertiary/aromatic N) is 4. The van der Waals surface area contributed by atoms with Crippen LogP contribution < -0.4 is 5.63 Å². The van der Waals surface area contributed by atoms with Gasteiger partial charge in [0.1, 0.15) is 5.58 Å². The number of hydrogen-bond acceptors (Lipinski definition) is 6. The van der Waals surface area contributed by atoms with Crippen LogP contribution in [0.1, 0.15) is 37.3 Å². The van der Waals surface area contributed by atoms with Crippen LogP contribution in [-0.4, -0.2) is 20.2 Å². The van der Waals surface area contributed by atoms with Crippen molar-refractivity contribution in [2.75, 3.05) is 0 Å². The summed E-state index contributed by atoms with van der Waals surface area (Å²) in [5.74, 6) is 0.614. The minimum Gasteiger partial charge on any atom is -0.423 e. The van der Waals surface area contributed by atoms with Crippen LogP contribution in [0.15, 0.2) is 56.8 Å². The first-order valence-electron chi connectivity index (χ1n) is 9.15. The van der Waals surface area contributed by atoms with Crippen molar-refractivity contribution in [3.63, 3.8) is 0 Å². The Balaban J connectivity index is 1.55. The van der Waals surface area contributed by atoms with E-state index in [0.717, 1.165) is 39.7 Å². The average molecular weight is 378 g/mol. The Morgan fingerprint density at radius 3 is 2.89 bits per heavy atom. The van der Waals surface area contributed by atoms with E-state index in [9.17, 15) is 4.79 Å². The molecule has 0 atom stereocenters. The van der Waals surface area contributed by atoms with Crippen LogP contribution >= 0.6 is 11.8 Å². The second-order valence-corrected chi connectivity index (χ2v) is 7.83. The summed E-state index contributed by atoms with van der Waals surface area (Å²) in [6, 6.07) is 14.0. The van der Waals surface area contributed by atoms with Crippen LogP contribution in [0, 0.1) is 0 Å². The SMILES string of the molecule is O=c1cc(CSc2nnnn2C2CCCC2)c2c(ccc3ccccc32)o1. The van der Waals surface area contributed by atoms with Crippen LogP contribution in [0.25, 0.3) is 21.7 Å². The molecule has 0 amide bonds. The van der Waals surface area contributed by atoms with Crippen molar-refractivity contribution in [3.05, 3.63) is 58.4 Å². The zero-order chi connectivity index (χ0) is 18.2. The highest BCUT2D eigenvalue weighted by Crippen LogP contribution is 2.34. The van der Waals surface area contributed by atoms with Crippen LogP contribution in [-0.2, 0) is 5.75 Å². The Bertz CT molecular complexity index is 1180. The van der Waals surface area contributed by atoms with E-state index in [1.165, 1.54) is 12.8 Å². The smallest absolute Gasteiger partial charge is 0.336 e. The third-order valence-corrected chi connectivity index (χ3v) is 6.19. The second-order valence-electron chi connectivity index (χ2n) is 6.88. The Morgan fingerprint density at radius 2 is 2.00 bits per heavy atom. The summed E-state index contributed by atoms with van der Waals surface area (Å²) in [6.45, 7) is 0. The first kappa shape index (κ1) is 16.5. The van der Waals surface area contributed by atoms with Gasteiger partial charge in [0.25, 0.3) is 0 Å². The fourth-order valence-corrected chi connectivity index (χ4v) is 4.86. The van der Waals surface area contributed by atoms with Gasteiger partial charge in [0.05, 0.1) is 6.04 Å². The van der Waals surface area contributed by atoms with E-state index in [1.807, 2.05) is 28.9 Å². The van der Waals surface area contributed by atoms with Crippen molar-refractivity contribution in [2.45, 2.75) is 42.6 Å². The van der Waals surface area contributed by atoms with E-state index in [4.69, 9.17) is 4.42 Å². The maximum atomic E-state index is 12.1. The van der Waals surface area contributed by atoms with E-state index in [2.05, 4.69) is 27.7 Å². The molecule has 1 aliphatic rings.